The van der Waals surface area contributed by atoms with Gasteiger partial charge in [-0.3, -0.25) is 0 Å². The molecule has 3 aromatic heterocycles. The maximum absolute atomic E-state index is 9.05. The lowest BCUT2D eigenvalue weighted by Crippen LogP contribution is -2.30. The average molecular weight is 1080 g/mol. The van der Waals surface area contributed by atoms with E-state index in [9.17, 15) is 0 Å². The monoisotopic (exact) mass is 1080 g/mol. The van der Waals surface area contributed by atoms with Gasteiger partial charge in [0.1, 0.15) is 21.1 Å². The molecule has 3 heterocycles. The molecule has 0 saturated heterocycles. The van der Waals surface area contributed by atoms with Crippen molar-refractivity contribution in [3.8, 4) is 67.2 Å². The highest BCUT2D eigenvalue weighted by molar-refractivity contribution is 5.73. The highest BCUT2D eigenvalue weighted by Gasteiger charge is 2.28. The van der Waals surface area contributed by atoms with Crippen molar-refractivity contribution < 1.29 is 15.1 Å². The van der Waals surface area contributed by atoms with Crippen LogP contribution in [0, 0.1) is 38.0 Å². The van der Waals surface area contributed by atoms with Crippen molar-refractivity contribution >= 4 is 0 Å². The Morgan fingerprint density at radius 3 is 1.16 bits per heavy atom. The molecular formula is C79H92N3+3. The SMILES string of the molecule is Cc1ccccc1-c1cc(-c2ccc(C3CCC(C)(C)CC3)cc2)cc[n+]1C.Cc1ccccc1-c1cc(-c2cccc(C3CCC(C)CC3)c2)cc[n+]1C.[2H]C1(c2cccc(-c3cc[n+](C)c(-c4ccccc4C)c3)c2)CCC(C)CC1. The summed E-state index contributed by atoms with van der Waals surface area (Å²) in [6, 6.07) is 66.7. The molecule has 3 aliphatic carbocycles. The third-order valence-corrected chi connectivity index (χ3v) is 19.0. The van der Waals surface area contributed by atoms with Crippen LogP contribution in [0.1, 0.15) is 157 Å². The number of hydrogen-bond acceptors (Lipinski definition) is 0. The van der Waals surface area contributed by atoms with Gasteiger partial charge in [-0.25, -0.2) is 13.7 Å². The van der Waals surface area contributed by atoms with Gasteiger partial charge < -0.3 is 0 Å². The molecule has 0 unspecified atom stereocenters. The summed E-state index contributed by atoms with van der Waals surface area (Å²) in [6.07, 6.45) is 21.5. The molecule has 0 amide bonds. The van der Waals surface area contributed by atoms with Gasteiger partial charge in [-0.15, -0.1) is 0 Å². The fourth-order valence-electron chi connectivity index (χ4n) is 13.2. The molecule has 420 valence electrons. The Bertz CT molecular complexity index is 3640. The normalized spacial score (nSPS) is 19.9. The first-order valence-corrected chi connectivity index (χ1v) is 31.0. The number of hydrogen-bond donors (Lipinski definition) is 0. The summed E-state index contributed by atoms with van der Waals surface area (Å²) in [6.45, 7) is 16.1. The Balaban J connectivity index is 0.000000139. The summed E-state index contributed by atoms with van der Waals surface area (Å²) >= 11 is 0. The van der Waals surface area contributed by atoms with Crippen LogP contribution in [0.25, 0.3) is 67.2 Å². The fraction of sp³-hybridized carbons (Fsp3) is 0.354. The summed E-state index contributed by atoms with van der Waals surface area (Å²) in [7, 11) is 6.36. The molecule has 3 aliphatic rings. The van der Waals surface area contributed by atoms with Gasteiger partial charge in [-0.2, -0.15) is 0 Å². The maximum atomic E-state index is 9.05. The van der Waals surface area contributed by atoms with Crippen LogP contribution in [-0.2, 0) is 21.1 Å². The molecule has 6 aromatic carbocycles. The summed E-state index contributed by atoms with van der Waals surface area (Å²) in [5.41, 5.74) is 23.9. The molecule has 3 heteroatoms. The average Bonchev–Trinajstić information content (AvgIpc) is 3.67. The van der Waals surface area contributed by atoms with Crippen LogP contribution in [0.4, 0.5) is 0 Å². The van der Waals surface area contributed by atoms with Gasteiger partial charge in [0, 0.05) is 54.5 Å². The molecule has 9 aromatic rings. The van der Waals surface area contributed by atoms with Gasteiger partial charge in [0.25, 0.3) is 0 Å². The lowest BCUT2D eigenvalue weighted by Gasteiger charge is -2.34. The van der Waals surface area contributed by atoms with E-state index >= 15 is 0 Å². The lowest BCUT2D eigenvalue weighted by atomic mass is 9.71. The molecule has 3 fully saturated rings. The molecule has 12 rings (SSSR count). The van der Waals surface area contributed by atoms with Crippen LogP contribution in [0.5, 0.6) is 0 Å². The number of aromatic nitrogens is 3. The van der Waals surface area contributed by atoms with Crippen molar-refractivity contribution in [2.24, 2.45) is 38.4 Å². The van der Waals surface area contributed by atoms with E-state index in [-0.39, 0.29) is 0 Å². The van der Waals surface area contributed by atoms with E-state index < -0.39 is 5.89 Å². The van der Waals surface area contributed by atoms with E-state index in [1.807, 2.05) is 0 Å². The van der Waals surface area contributed by atoms with E-state index in [1.54, 1.807) is 0 Å². The van der Waals surface area contributed by atoms with Gasteiger partial charge in [-0.05, 0) is 192 Å². The van der Waals surface area contributed by atoms with Gasteiger partial charge in [0.15, 0.2) is 18.6 Å². The molecule has 0 atom stereocenters. The van der Waals surface area contributed by atoms with Crippen LogP contribution in [0.15, 0.2) is 201 Å². The molecular weight excluding hydrogens is 991 g/mol. The first-order valence-electron chi connectivity index (χ1n) is 31.5. The van der Waals surface area contributed by atoms with Crippen LogP contribution in [0.2, 0.25) is 0 Å². The van der Waals surface area contributed by atoms with E-state index in [1.165, 1.54) is 152 Å². The molecule has 0 radical (unpaired) electrons. The third kappa shape index (κ3) is 14.1. The Kier molecular flexibility index (Phi) is 18.2. The Hall–Kier alpha value is -7.23. The summed E-state index contributed by atoms with van der Waals surface area (Å²) in [5.74, 6) is 2.69. The molecule has 3 saturated carbocycles. The van der Waals surface area contributed by atoms with E-state index in [4.69, 9.17) is 1.37 Å². The zero-order valence-electron chi connectivity index (χ0n) is 52.2. The van der Waals surface area contributed by atoms with Crippen molar-refractivity contribution in [1.82, 2.24) is 0 Å². The van der Waals surface area contributed by atoms with Crippen LogP contribution >= 0.6 is 0 Å². The zero-order chi connectivity index (χ0) is 58.3. The van der Waals surface area contributed by atoms with Crippen LogP contribution in [0.3, 0.4) is 0 Å². The lowest BCUT2D eigenvalue weighted by molar-refractivity contribution is -0.660. The van der Waals surface area contributed by atoms with Gasteiger partial charge in [0.2, 0.25) is 17.1 Å². The third-order valence-electron chi connectivity index (χ3n) is 19.0. The van der Waals surface area contributed by atoms with Crippen molar-refractivity contribution in [2.75, 3.05) is 0 Å². The topological polar surface area (TPSA) is 11.6 Å². The van der Waals surface area contributed by atoms with Gasteiger partial charge in [0.05, 0.1) is 0 Å². The minimum atomic E-state index is -0.430. The minimum Gasteiger partial charge on any atom is -0.201 e. The Morgan fingerprint density at radius 1 is 0.354 bits per heavy atom. The largest absolute Gasteiger partial charge is 0.213 e. The number of aryl methyl sites for hydroxylation is 6. The molecule has 0 N–H and O–H groups in total. The predicted octanol–water partition coefficient (Wildman–Crippen LogP) is 19.7. The molecule has 0 spiro atoms. The predicted molar refractivity (Wildman–Crippen MR) is 345 cm³/mol. The van der Waals surface area contributed by atoms with Gasteiger partial charge in [-0.1, -0.05) is 181 Å². The first-order chi connectivity index (χ1) is 40.0. The van der Waals surface area contributed by atoms with E-state index in [0.29, 0.717) is 5.41 Å². The van der Waals surface area contributed by atoms with Crippen molar-refractivity contribution in [1.29, 1.82) is 0 Å². The molecule has 3 nitrogen and oxygen atoms in total. The van der Waals surface area contributed by atoms with E-state index in [2.05, 4.69) is 284 Å². The summed E-state index contributed by atoms with van der Waals surface area (Å²) in [5, 5.41) is 0. The summed E-state index contributed by atoms with van der Waals surface area (Å²) in [4.78, 5) is 0. The van der Waals surface area contributed by atoms with Crippen molar-refractivity contribution in [2.45, 2.75) is 143 Å². The smallest absolute Gasteiger partial charge is 0.201 e. The standard InChI is InChI=1S/C27H32N.2C26H30N/c1-20-7-5-6-8-25(20)26-19-24(15-18-28(26)4)22-11-9-21(10-12-22)23-13-16-27(2,3)17-14-23;2*1-19-11-13-21(14-12-19)22-8-6-9-23(17-22)24-15-16-27(3)26(18-24)25-10-5-4-7-20(25)2/h5-12,15,18-19,23H,13-14,16-17H2,1-4H3;2*4-10,15-19,21H,11-14H2,1-3H3/q3*+1/i;21D;. The number of pyridine rings is 3. The Morgan fingerprint density at radius 2 is 0.720 bits per heavy atom. The second-order valence-corrected chi connectivity index (χ2v) is 25.7. The molecule has 0 bridgehead atoms. The van der Waals surface area contributed by atoms with E-state index in [0.717, 1.165) is 49.4 Å². The second-order valence-electron chi connectivity index (χ2n) is 25.7. The quantitative estimate of drug-likeness (QED) is 0.128. The van der Waals surface area contributed by atoms with Gasteiger partial charge >= 0.3 is 0 Å². The number of benzene rings is 6. The highest BCUT2D eigenvalue weighted by Crippen LogP contribution is 2.43. The zero-order valence-corrected chi connectivity index (χ0v) is 51.2. The fourth-order valence-corrected chi connectivity index (χ4v) is 13.2. The highest BCUT2D eigenvalue weighted by atomic mass is 14.9. The van der Waals surface area contributed by atoms with Crippen molar-refractivity contribution in [3.63, 3.8) is 0 Å². The first kappa shape index (κ1) is 56.6. The Labute approximate surface area is 495 Å². The van der Waals surface area contributed by atoms with Crippen molar-refractivity contribution in [3.05, 3.63) is 234 Å². The molecule has 82 heavy (non-hydrogen) atoms. The molecule has 0 aliphatic heterocycles. The van der Waals surface area contributed by atoms with Crippen LogP contribution in [-0.4, -0.2) is 0 Å². The second kappa shape index (κ2) is 26.3. The van der Waals surface area contributed by atoms with Crippen LogP contribution < -0.4 is 13.7 Å². The maximum Gasteiger partial charge on any atom is 0.213 e. The number of nitrogens with zero attached hydrogens (tertiary/aromatic N) is 3. The number of rotatable bonds is 9. The minimum absolute atomic E-state index is 0.430. The summed E-state index contributed by atoms with van der Waals surface area (Å²) < 4.78 is 15.7.